The number of halogens is 3. The number of benzene rings is 2. The fourth-order valence-corrected chi connectivity index (χ4v) is 4.92. The van der Waals surface area contributed by atoms with Crippen LogP contribution in [0.25, 0.3) is 11.1 Å². The zero-order valence-corrected chi connectivity index (χ0v) is 21.2. The third kappa shape index (κ3) is 5.19. The Bertz CT molecular complexity index is 1310. The Kier molecular flexibility index (Phi) is 7.30. The van der Waals surface area contributed by atoms with Crippen LogP contribution in [0.4, 0.5) is 24.7 Å². The standard InChI is InChI=1S/C28H30F3N3O3/c1-16-7-18(29)5-6-23(16)24-12-26(34-14-22(36)11-21(34)15-35)32-13-25(24)33(4)27(37)28(2,3)17-8-19(30)10-20(31)9-17/h5-10,12-13,21-22,35-36H,11,14-15H2,1-4H3/t21-,22+/m0/s1. The van der Waals surface area contributed by atoms with Crippen molar-refractivity contribution in [3.05, 3.63) is 77.2 Å². The van der Waals surface area contributed by atoms with Gasteiger partial charge < -0.3 is 20.0 Å². The number of amides is 1. The lowest BCUT2D eigenvalue weighted by atomic mass is 9.83. The van der Waals surface area contributed by atoms with Crippen molar-refractivity contribution in [1.82, 2.24) is 4.98 Å². The molecule has 1 fully saturated rings. The van der Waals surface area contributed by atoms with Crippen molar-refractivity contribution in [3.8, 4) is 11.1 Å². The molecule has 0 saturated carbocycles. The van der Waals surface area contributed by atoms with Crippen LogP contribution in [0.5, 0.6) is 0 Å². The van der Waals surface area contributed by atoms with Gasteiger partial charge in [0.1, 0.15) is 23.3 Å². The van der Waals surface area contributed by atoms with Crippen LogP contribution >= 0.6 is 0 Å². The molecule has 9 heteroatoms. The Morgan fingerprint density at radius 2 is 1.76 bits per heavy atom. The molecule has 37 heavy (non-hydrogen) atoms. The summed E-state index contributed by atoms with van der Waals surface area (Å²) in [6, 6.07) is 8.76. The van der Waals surface area contributed by atoms with Crippen molar-refractivity contribution in [3.63, 3.8) is 0 Å². The second-order valence-electron chi connectivity index (χ2n) is 10.0. The first-order valence-corrected chi connectivity index (χ1v) is 12.0. The van der Waals surface area contributed by atoms with Crippen LogP contribution in [0, 0.1) is 24.4 Å². The van der Waals surface area contributed by atoms with E-state index in [1.54, 1.807) is 44.9 Å². The number of aliphatic hydroxyl groups excluding tert-OH is 2. The zero-order chi connectivity index (χ0) is 27.1. The Hall–Kier alpha value is -3.43. The van der Waals surface area contributed by atoms with Crippen LogP contribution in [0.1, 0.15) is 31.4 Å². The maximum absolute atomic E-state index is 13.9. The lowest BCUT2D eigenvalue weighted by Crippen LogP contribution is -2.42. The maximum atomic E-state index is 13.9. The number of hydrogen-bond acceptors (Lipinski definition) is 5. The van der Waals surface area contributed by atoms with E-state index < -0.39 is 34.9 Å². The number of pyridine rings is 1. The molecule has 1 aliphatic heterocycles. The number of carbonyl (C=O) groups is 1. The van der Waals surface area contributed by atoms with Gasteiger partial charge in [-0.1, -0.05) is 6.07 Å². The molecule has 1 saturated heterocycles. The summed E-state index contributed by atoms with van der Waals surface area (Å²) in [6.07, 6.45) is 1.28. The average molecular weight is 514 g/mol. The van der Waals surface area contributed by atoms with Crippen LogP contribution in [-0.2, 0) is 10.2 Å². The third-order valence-electron chi connectivity index (χ3n) is 7.03. The predicted molar refractivity (Wildman–Crippen MR) is 136 cm³/mol. The minimum absolute atomic E-state index is 0.165. The molecule has 1 amide bonds. The summed E-state index contributed by atoms with van der Waals surface area (Å²) in [6.45, 7) is 5.04. The molecule has 0 unspecified atom stereocenters. The molecule has 2 atom stereocenters. The van der Waals surface area contributed by atoms with Crippen molar-refractivity contribution in [2.24, 2.45) is 0 Å². The molecule has 2 N–H and O–H groups in total. The molecule has 6 nitrogen and oxygen atoms in total. The Morgan fingerprint density at radius 1 is 1.08 bits per heavy atom. The monoisotopic (exact) mass is 513 g/mol. The van der Waals surface area contributed by atoms with Crippen LogP contribution < -0.4 is 9.80 Å². The summed E-state index contributed by atoms with van der Waals surface area (Å²) >= 11 is 0. The number of rotatable bonds is 6. The molecule has 2 aromatic carbocycles. The van der Waals surface area contributed by atoms with E-state index in [1.807, 2.05) is 0 Å². The number of aliphatic hydroxyl groups is 2. The van der Waals surface area contributed by atoms with Gasteiger partial charge in [0, 0.05) is 25.2 Å². The highest BCUT2D eigenvalue weighted by Gasteiger charge is 2.36. The van der Waals surface area contributed by atoms with Gasteiger partial charge in [-0.25, -0.2) is 18.2 Å². The van der Waals surface area contributed by atoms with Gasteiger partial charge in [-0.05, 0) is 74.2 Å². The zero-order valence-electron chi connectivity index (χ0n) is 21.2. The summed E-state index contributed by atoms with van der Waals surface area (Å²) in [5, 5.41) is 19.9. The number of carbonyl (C=O) groups excluding carboxylic acids is 1. The molecule has 1 aliphatic rings. The summed E-state index contributed by atoms with van der Waals surface area (Å²) in [5.74, 6) is -1.90. The highest BCUT2D eigenvalue weighted by Crippen LogP contribution is 2.38. The van der Waals surface area contributed by atoms with Gasteiger partial charge >= 0.3 is 0 Å². The van der Waals surface area contributed by atoms with Crippen molar-refractivity contribution in [2.45, 2.75) is 44.8 Å². The molecule has 0 spiro atoms. The van der Waals surface area contributed by atoms with Crippen LogP contribution in [-0.4, -0.2) is 53.4 Å². The van der Waals surface area contributed by atoms with E-state index in [9.17, 15) is 28.2 Å². The molecule has 196 valence electrons. The molecular formula is C28H30F3N3O3. The van der Waals surface area contributed by atoms with Gasteiger partial charge in [0.25, 0.3) is 0 Å². The first-order valence-electron chi connectivity index (χ1n) is 12.0. The van der Waals surface area contributed by atoms with E-state index >= 15 is 0 Å². The van der Waals surface area contributed by atoms with Crippen LogP contribution in [0.15, 0.2) is 48.7 Å². The van der Waals surface area contributed by atoms with Crippen molar-refractivity contribution in [1.29, 1.82) is 0 Å². The second-order valence-corrected chi connectivity index (χ2v) is 10.0. The first kappa shape index (κ1) is 26.6. The fourth-order valence-electron chi connectivity index (χ4n) is 4.92. The van der Waals surface area contributed by atoms with E-state index in [1.165, 1.54) is 23.2 Å². The lowest BCUT2D eigenvalue weighted by molar-refractivity contribution is -0.122. The minimum Gasteiger partial charge on any atom is -0.394 e. The number of aromatic nitrogens is 1. The Labute approximate surface area is 214 Å². The number of anilines is 2. The highest BCUT2D eigenvalue weighted by molar-refractivity contribution is 6.03. The molecular weight excluding hydrogens is 483 g/mol. The van der Waals surface area contributed by atoms with Gasteiger partial charge in [0.05, 0.1) is 36.1 Å². The average Bonchev–Trinajstić information content (AvgIpc) is 3.23. The molecule has 1 aromatic heterocycles. The number of β-amino-alcohol motifs (C(OH)–C–C–N with tert-alkyl or cyclic N) is 1. The number of nitrogens with zero attached hydrogens (tertiary/aromatic N) is 3. The van der Waals surface area contributed by atoms with Crippen LogP contribution in [0.3, 0.4) is 0 Å². The SMILES string of the molecule is Cc1cc(F)ccc1-c1cc(N2C[C@H](O)C[C@H]2CO)ncc1N(C)C(=O)C(C)(C)c1cc(F)cc(F)c1. The summed E-state index contributed by atoms with van der Waals surface area (Å²) in [5.41, 5.74) is 1.18. The van der Waals surface area contributed by atoms with Crippen molar-refractivity contribution in [2.75, 3.05) is 30.0 Å². The third-order valence-corrected chi connectivity index (χ3v) is 7.03. The number of likely N-dealkylation sites (N-methyl/N-ethyl adjacent to an activating group) is 1. The van der Waals surface area contributed by atoms with Crippen molar-refractivity contribution < 1.29 is 28.2 Å². The molecule has 0 bridgehead atoms. The van der Waals surface area contributed by atoms with E-state index in [0.717, 1.165) is 18.2 Å². The Morgan fingerprint density at radius 3 is 2.38 bits per heavy atom. The smallest absolute Gasteiger partial charge is 0.236 e. The van der Waals surface area contributed by atoms with Gasteiger partial charge in [0.2, 0.25) is 5.91 Å². The van der Waals surface area contributed by atoms with Gasteiger partial charge in [-0.3, -0.25) is 4.79 Å². The number of hydrogen-bond donors (Lipinski definition) is 2. The first-order chi connectivity index (χ1) is 17.4. The van der Waals surface area contributed by atoms with E-state index in [-0.39, 0.29) is 24.8 Å². The quantitative estimate of drug-likeness (QED) is 0.513. The fraction of sp³-hybridized carbons (Fsp3) is 0.357. The highest BCUT2D eigenvalue weighted by atomic mass is 19.1. The van der Waals surface area contributed by atoms with Gasteiger partial charge in [-0.2, -0.15) is 0 Å². The molecule has 0 radical (unpaired) electrons. The second kappa shape index (κ2) is 10.1. The van der Waals surface area contributed by atoms with Crippen LogP contribution in [0.2, 0.25) is 0 Å². The van der Waals surface area contributed by atoms with Crippen molar-refractivity contribution >= 4 is 17.4 Å². The number of aryl methyl sites for hydroxylation is 1. The normalized spacial score (nSPS) is 17.8. The topological polar surface area (TPSA) is 76.9 Å². The lowest BCUT2D eigenvalue weighted by Gasteiger charge is -2.32. The molecule has 3 aromatic rings. The Balaban J connectivity index is 1.81. The summed E-state index contributed by atoms with van der Waals surface area (Å²) in [7, 11) is 1.55. The van der Waals surface area contributed by atoms with E-state index in [2.05, 4.69) is 4.98 Å². The molecule has 0 aliphatic carbocycles. The van der Waals surface area contributed by atoms with E-state index in [0.29, 0.717) is 34.6 Å². The predicted octanol–water partition coefficient (Wildman–Crippen LogP) is 4.35. The largest absolute Gasteiger partial charge is 0.394 e. The van der Waals surface area contributed by atoms with E-state index in [4.69, 9.17) is 0 Å². The minimum atomic E-state index is -1.29. The van der Waals surface area contributed by atoms with Gasteiger partial charge in [-0.15, -0.1) is 0 Å². The summed E-state index contributed by atoms with van der Waals surface area (Å²) in [4.78, 5) is 21.4. The molecule has 4 rings (SSSR count). The summed E-state index contributed by atoms with van der Waals surface area (Å²) < 4.78 is 41.8. The molecule has 2 heterocycles. The maximum Gasteiger partial charge on any atom is 0.236 e. The van der Waals surface area contributed by atoms with Gasteiger partial charge in [0.15, 0.2) is 0 Å².